The topological polar surface area (TPSA) is 46.3 Å². The summed E-state index contributed by atoms with van der Waals surface area (Å²) >= 11 is 3.53. The van der Waals surface area contributed by atoms with E-state index in [1.807, 2.05) is 18.2 Å². The molecule has 0 radical (unpaired) electrons. The number of nitrogens with two attached hydrogens (primary N) is 1. The number of carbonyl (C=O) groups excluding carboxylic acids is 1. The van der Waals surface area contributed by atoms with Crippen LogP contribution >= 0.6 is 15.9 Å². The molecule has 16 heavy (non-hydrogen) atoms. The Kier molecular flexibility index (Phi) is 3.74. The summed E-state index contributed by atoms with van der Waals surface area (Å²) < 4.78 is 1.06. The maximum atomic E-state index is 11.1. The minimum atomic E-state index is -0.201. The van der Waals surface area contributed by atoms with E-state index in [1.165, 1.54) is 5.56 Å². The lowest BCUT2D eigenvalue weighted by Gasteiger charge is -2.35. The van der Waals surface area contributed by atoms with E-state index in [2.05, 4.69) is 22.0 Å². The predicted octanol–water partition coefficient (Wildman–Crippen LogP) is 2.07. The van der Waals surface area contributed by atoms with Crippen molar-refractivity contribution < 1.29 is 4.79 Å². The SMILES string of the molecule is NN1CCCC(c2ccccc2Br)C1C=O. The largest absolute Gasteiger partial charge is 0.302 e. The Hall–Kier alpha value is -0.710. The molecule has 1 aromatic carbocycles. The van der Waals surface area contributed by atoms with Crippen LogP contribution in [-0.2, 0) is 4.79 Å². The molecule has 1 aliphatic rings. The molecular formula is C12H15BrN2O. The van der Waals surface area contributed by atoms with Crippen molar-refractivity contribution in [3.8, 4) is 0 Å². The van der Waals surface area contributed by atoms with Crippen LogP contribution in [0.1, 0.15) is 24.3 Å². The molecule has 0 saturated carbocycles. The summed E-state index contributed by atoms with van der Waals surface area (Å²) in [5.74, 6) is 6.05. The summed E-state index contributed by atoms with van der Waals surface area (Å²) in [6.45, 7) is 0.796. The second kappa shape index (κ2) is 5.08. The van der Waals surface area contributed by atoms with Gasteiger partial charge >= 0.3 is 0 Å². The molecule has 1 heterocycles. The van der Waals surface area contributed by atoms with Gasteiger partial charge in [0.15, 0.2) is 0 Å². The fourth-order valence-corrected chi connectivity index (χ4v) is 2.91. The number of hydrogen-bond donors (Lipinski definition) is 1. The van der Waals surface area contributed by atoms with Gasteiger partial charge in [-0.1, -0.05) is 34.1 Å². The Morgan fingerprint density at radius 2 is 2.19 bits per heavy atom. The molecule has 86 valence electrons. The maximum absolute atomic E-state index is 11.1. The predicted molar refractivity (Wildman–Crippen MR) is 66.9 cm³/mol. The van der Waals surface area contributed by atoms with E-state index >= 15 is 0 Å². The van der Waals surface area contributed by atoms with Crippen LogP contribution in [0.25, 0.3) is 0 Å². The number of piperidine rings is 1. The molecule has 2 N–H and O–H groups in total. The molecule has 0 aliphatic carbocycles. The summed E-state index contributed by atoms with van der Waals surface area (Å²) in [6, 6.07) is 7.84. The quantitative estimate of drug-likeness (QED) is 0.667. The van der Waals surface area contributed by atoms with Gasteiger partial charge in [0.1, 0.15) is 6.29 Å². The normalized spacial score (nSPS) is 26.6. The number of hydrogen-bond acceptors (Lipinski definition) is 3. The van der Waals surface area contributed by atoms with Gasteiger partial charge in [0.25, 0.3) is 0 Å². The molecule has 1 aliphatic heterocycles. The second-order valence-corrected chi connectivity index (χ2v) is 4.99. The summed E-state index contributed by atoms with van der Waals surface area (Å²) in [5.41, 5.74) is 1.18. The van der Waals surface area contributed by atoms with E-state index in [4.69, 9.17) is 5.84 Å². The zero-order chi connectivity index (χ0) is 11.5. The summed E-state index contributed by atoms with van der Waals surface area (Å²) in [7, 11) is 0. The van der Waals surface area contributed by atoms with Gasteiger partial charge in [0, 0.05) is 16.9 Å². The van der Waals surface area contributed by atoms with E-state index in [9.17, 15) is 4.79 Å². The first kappa shape index (κ1) is 11.8. The molecule has 1 fully saturated rings. The van der Waals surface area contributed by atoms with Crippen molar-refractivity contribution in [2.45, 2.75) is 24.8 Å². The van der Waals surface area contributed by atoms with Crippen LogP contribution in [0.3, 0.4) is 0 Å². The Balaban J connectivity index is 2.31. The number of aldehydes is 1. The third-order valence-corrected chi connectivity index (χ3v) is 3.89. The fraction of sp³-hybridized carbons (Fsp3) is 0.417. The standard InChI is InChI=1S/C12H15BrN2O/c13-11-6-2-1-4-9(11)10-5-3-7-15(14)12(10)8-16/h1-2,4,6,8,10,12H,3,5,7,14H2. The minimum absolute atomic E-state index is 0.201. The smallest absolute Gasteiger partial charge is 0.139 e. The molecule has 4 heteroatoms. The Morgan fingerprint density at radius 3 is 2.88 bits per heavy atom. The average molecular weight is 283 g/mol. The average Bonchev–Trinajstić information content (AvgIpc) is 2.29. The molecular weight excluding hydrogens is 268 g/mol. The van der Waals surface area contributed by atoms with Crippen molar-refractivity contribution in [3.63, 3.8) is 0 Å². The molecule has 1 saturated heterocycles. The Labute approximate surface area is 104 Å². The lowest BCUT2D eigenvalue weighted by Crippen LogP contribution is -2.49. The Morgan fingerprint density at radius 1 is 1.44 bits per heavy atom. The first-order chi connectivity index (χ1) is 7.74. The second-order valence-electron chi connectivity index (χ2n) is 4.13. The number of rotatable bonds is 2. The van der Waals surface area contributed by atoms with Crippen LogP contribution in [0.5, 0.6) is 0 Å². The zero-order valence-corrected chi connectivity index (χ0v) is 10.6. The lowest BCUT2D eigenvalue weighted by molar-refractivity contribution is -0.114. The van der Waals surface area contributed by atoms with Crippen molar-refractivity contribution in [2.24, 2.45) is 5.84 Å². The minimum Gasteiger partial charge on any atom is -0.302 e. The van der Waals surface area contributed by atoms with Crippen LogP contribution < -0.4 is 5.84 Å². The van der Waals surface area contributed by atoms with Crippen molar-refractivity contribution in [3.05, 3.63) is 34.3 Å². The van der Waals surface area contributed by atoms with Crippen LogP contribution in [0.15, 0.2) is 28.7 Å². The van der Waals surface area contributed by atoms with Gasteiger partial charge in [0.05, 0.1) is 6.04 Å². The van der Waals surface area contributed by atoms with Crippen LogP contribution in [0.2, 0.25) is 0 Å². The van der Waals surface area contributed by atoms with E-state index < -0.39 is 0 Å². The monoisotopic (exact) mass is 282 g/mol. The first-order valence-corrected chi connectivity index (χ1v) is 6.24. The highest BCUT2D eigenvalue weighted by Gasteiger charge is 2.31. The molecule has 0 amide bonds. The molecule has 2 atom stereocenters. The van der Waals surface area contributed by atoms with Gasteiger partial charge in [-0.25, -0.2) is 5.01 Å². The van der Waals surface area contributed by atoms with Gasteiger partial charge in [-0.3, -0.25) is 5.84 Å². The molecule has 1 aromatic rings. The maximum Gasteiger partial charge on any atom is 0.139 e. The van der Waals surface area contributed by atoms with E-state index in [0.717, 1.165) is 30.1 Å². The van der Waals surface area contributed by atoms with Crippen molar-refractivity contribution >= 4 is 22.2 Å². The number of carbonyl (C=O) groups is 1. The number of benzene rings is 1. The third-order valence-electron chi connectivity index (χ3n) is 3.17. The summed E-state index contributed by atoms with van der Waals surface area (Å²) in [6.07, 6.45) is 3.01. The first-order valence-electron chi connectivity index (χ1n) is 5.45. The van der Waals surface area contributed by atoms with Crippen LogP contribution in [0, 0.1) is 0 Å². The number of hydrazine groups is 1. The molecule has 2 rings (SSSR count). The highest BCUT2D eigenvalue weighted by atomic mass is 79.9. The highest BCUT2D eigenvalue weighted by molar-refractivity contribution is 9.10. The molecule has 2 unspecified atom stereocenters. The van der Waals surface area contributed by atoms with Crippen molar-refractivity contribution in [1.29, 1.82) is 0 Å². The van der Waals surface area contributed by atoms with E-state index in [0.29, 0.717) is 0 Å². The lowest BCUT2D eigenvalue weighted by atomic mass is 9.85. The Bertz CT molecular complexity index is 383. The molecule has 3 nitrogen and oxygen atoms in total. The van der Waals surface area contributed by atoms with E-state index in [-0.39, 0.29) is 12.0 Å². The van der Waals surface area contributed by atoms with Gasteiger partial charge in [-0.15, -0.1) is 0 Å². The van der Waals surface area contributed by atoms with E-state index in [1.54, 1.807) is 5.01 Å². The third kappa shape index (κ3) is 2.19. The molecule has 0 aromatic heterocycles. The number of nitrogens with zero attached hydrogens (tertiary/aromatic N) is 1. The van der Waals surface area contributed by atoms with Crippen LogP contribution in [-0.4, -0.2) is 23.9 Å². The summed E-state index contributed by atoms with van der Waals surface area (Å²) in [4.78, 5) is 11.1. The zero-order valence-electron chi connectivity index (χ0n) is 8.97. The molecule has 0 bridgehead atoms. The highest BCUT2D eigenvalue weighted by Crippen LogP contribution is 2.34. The van der Waals surface area contributed by atoms with Gasteiger partial charge in [0.2, 0.25) is 0 Å². The van der Waals surface area contributed by atoms with Gasteiger partial charge in [-0.2, -0.15) is 0 Å². The fourth-order valence-electron chi connectivity index (χ4n) is 2.33. The van der Waals surface area contributed by atoms with Crippen LogP contribution in [0.4, 0.5) is 0 Å². The summed E-state index contributed by atoms with van der Waals surface area (Å²) in [5, 5.41) is 1.65. The van der Waals surface area contributed by atoms with Crippen molar-refractivity contribution in [1.82, 2.24) is 5.01 Å². The van der Waals surface area contributed by atoms with Gasteiger partial charge < -0.3 is 4.79 Å². The molecule has 0 spiro atoms. The van der Waals surface area contributed by atoms with Crippen molar-refractivity contribution in [2.75, 3.05) is 6.54 Å². The number of halogens is 1. The van der Waals surface area contributed by atoms with Gasteiger partial charge in [-0.05, 0) is 24.5 Å².